The number of H-pyrrole nitrogens is 1. The van der Waals surface area contributed by atoms with Gasteiger partial charge in [-0.05, 0) is 29.7 Å². The lowest BCUT2D eigenvalue weighted by Crippen LogP contribution is -2.43. The third-order valence-corrected chi connectivity index (χ3v) is 5.75. The van der Waals surface area contributed by atoms with E-state index in [1.807, 2.05) is 18.2 Å². The number of hydrogen-bond donors (Lipinski definition) is 1. The molecule has 2 aromatic carbocycles. The van der Waals surface area contributed by atoms with Crippen molar-refractivity contribution in [2.45, 2.75) is 24.9 Å². The van der Waals surface area contributed by atoms with E-state index in [0.717, 1.165) is 24.1 Å². The van der Waals surface area contributed by atoms with Gasteiger partial charge in [0, 0.05) is 12.5 Å². The van der Waals surface area contributed by atoms with Crippen molar-refractivity contribution in [2.24, 2.45) is 0 Å². The van der Waals surface area contributed by atoms with Gasteiger partial charge in [-0.1, -0.05) is 24.3 Å². The second-order valence-electron chi connectivity index (χ2n) is 7.23. The number of carbonyl (C=O) groups excluding carboxylic acids is 1. The second kappa shape index (κ2) is 5.85. The molecule has 1 saturated heterocycles. The van der Waals surface area contributed by atoms with Crippen LogP contribution in [-0.4, -0.2) is 26.9 Å². The summed E-state index contributed by atoms with van der Waals surface area (Å²) in [5, 5.41) is -0.569. The van der Waals surface area contributed by atoms with Gasteiger partial charge < -0.3 is 9.88 Å². The van der Waals surface area contributed by atoms with Crippen LogP contribution in [0, 0.1) is 11.6 Å². The van der Waals surface area contributed by atoms with E-state index in [4.69, 9.17) is 0 Å². The quantitative estimate of drug-likeness (QED) is 0.736. The molecule has 5 rings (SSSR count). The molecule has 0 saturated carbocycles. The minimum atomic E-state index is -1.34. The largest absolute Gasteiger partial charge is 0.333 e. The van der Waals surface area contributed by atoms with Crippen molar-refractivity contribution < 1.29 is 13.6 Å². The number of nitrogens with one attached hydrogen (secondary N) is 1. The number of likely N-dealkylation sites (tertiary alicyclic amines) is 1. The average molecular weight is 383 g/mol. The van der Waals surface area contributed by atoms with Crippen molar-refractivity contribution in [2.75, 3.05) is 6.54 Å². The van der Waals surface area contributed by atoms with E-state index < -0.39 is 40.7 Å². The Labute approximate surface area is 157 Å². The minimum Gasteiger partial charge on any atom is -0.333 e. The first-order valence-electron chi connectivity index (χ1n) is 8.95. The summed E-state index contributed by atoms with van der Waals surface area (Å²) < 4.78 is 28.2. The van der Waals surface area contributed by atoms with E-state index in [1.165, 1.54) is 5.56 Å². The maximum atomic E-state index is 14.1. The molecule has 0 radical (unpaired) electrons. The predicted molar refractivity (Wildman–Crippen MR) is 97.0 cm³/mol. The van der Waals surface area contributed by atoms with Crippen molar-refractivity contribution in [3.63, 3.8) is 0 Å². The van der Waals surface area contributed by atoms with Crippen molar-refractivity contribution in [1.29, 1.82) is 0 Å². The molecule has 3 aromatic rings. The van der Waals surface area contributed by atoms with Crippen LogP contribution in [0.4, 0.5) is 8.78 Å². The number of rotatable bonds is 2. The molecule has 28 heavy (non-hydrogen) atoms. The van der Waals surface area contributed by atoms with Gasteiger partial charge in [0.2, 0.25) is 5.91 Å². The lowest BCUT2D eigenvalue weighted by Gasteiger charge is -2.29. The molecule has 2 aliphatic rings. The molecule has 1 N–H and O–H groups in total. The Morgan fingerprint density at radius 3 is 2.64 bits per heavy atom. The minimum absolute atomic E-state index is 0.0851. The fourth-order valence-corrected chi connectivity index (χ4v) is 4.46. The summed E-state index contributed by atoms with van der Waals surface area (Å²) in [6.07, 6.45) is 0.813. The summed E-state index contributed by atoms with van der Waals surface area (Å²) in [7, 11) is 0. The van der Waals surface area contributed by atoms with Crippen LogP contribution in [0.25, 0.3) is 10.9 Å². The van der Waals surface area contributed by atoms with E-state index in [9.17, 15) is 23.2 Å². The maximum Gasteiger partial charge on any atom is 0.329 e. The van der Waals surface area contributed by atoms with Crippen LogP contribution in [0.1, 0.15) is 29.5 Å². The summed E-state index contributed by atoms with van der Waals surface area (Å²) in [6, 6.07) is 9.79. The number of fused-ring (bicyclic) bond motifs is 6. The third-order valence-electron chi connectivity index (χ3n) is 5.75. The van der Waals surface area contributed by atoms with Crippen LogP contribution in [0.2, 0.25) is 0 Å². The first-order chi connectivity index (χ1) is 13.5. The van der Waals surface area contributed by atoms with Crippen molar-refractivity contribution >= 4 is 16.8 Å². The summed E-state index contributed by atoms with van der Waals surface area (Å²) in [5.41, 5.74) is 0.358. The van der Waals surface area contributed by atoms with Crippen molar-refractivity contribution in [3.8, 4) is 0 Å². The van der Waals surface area contributed by atoms with Gasteiger partial charge in [0.25, 0.3) is 5.56 Å². The van der Waals surface area contributed by atoms with Gasteiger partial charge in [-0.2, -0.15) is 0 Å². The Bertz CT molecular complexity index is 1260. The van der Waals surface area contributed by atoms with Crippen LogP contribution >= 0.6 is 0 Å². The Morgan fingerprint density at radius 2 is 1.86 bits per heavy atom. The summed E-state index contributed by atoms with van der Waals surface area (Å²) >= 11 is 0. The van der Waals surface area contributed by atoms with Crippen LogP contribution in [-0.2, 0) is 11.3 Å². The predicted octanol–water partition coefficient (Wildman–Crippen LogP) is 2.04. The molecule has 1 amide bonds. The summed E-state index contributed by atoms with van der Waals surface area (Å²) in [6.45, 7) is -0.00478. The van der Waals surface area contributed by atoms with E-state index in [2.05, 4.69) is 11.1 Å². The van der Waals surface area contributed by atoms with Crippen LogP contribution < -0.4 is 11.2 Å². The average Bonchev–Trinajstić information content (AvgIpc) is 3.28. The third kappa shape index (κ3) is 2.27. The highest BCUT2D eigenvalue weighted by Gasteiger charge is 2.44. The summed E-state index contributed by atoms with van der Waals surface area (Å²) in [4.78, 5) is 41.7. The normalized spacial score (nSPS) is 20.0. The lowest BCUT2D eigenvalue weighted by atomic mass is 9.99. The smallest absolute Gasteiger partial charge is 0.329 e. The highest BCUT2D eigenvalue weighted by atomic mass is 19.2. The number of amides is 1. The van der Waals surface area contributed by atoms with Gasteiger partial charge in [0.15, 0.2) is 11.6 Å². The van der Waals surface area contributed by atoms with Gasteiger partial charge in [-0.25, -0.2) is 13.6 Å². The standard InChI is InChI=1S/C20H15F2N3O3/c21-13-5-6-14-17(18(13)22)19(27)25(20(28)23-14)9-16(26)24-8-10-7-15(24)12-4-2-1-3-11(10)12/h1-6,10,15H,7-9H2,(H,23,28)/t10-,15?/m1/s1. The molecule has 142 valence electrons. The fourth-order valence-electron chi connectivity index (χ4n) is 4.46. The zero-order valence-corrected chi connectivity index (χ0v) is 14.6. The fraction of sp³-hybridized carbons (Fsp3) is 0.250. The molecule has 2 atom stereocenters. The molecule has 1 aliphatic carbocycles. The molecular formula is C20H15F2N3O3. The molecule has 1 fully saturated rings. The Hall–Kier alpha value is -3.29. The van der Waals surface area contributed by atoms with Crippen LogP contribution in [0.15, 0.2) is 46.0 Å². The molecule has 8 heteroatoms. The molecule has 0 spiro atoms. The van der Waals surface area contributed by atoms with Gasteiger partial charge >= 0.3 is 5.69 Å². The number of aromatic amines is 1. The number of hydrogen-bond acceptors (Lipinski definition) is 3. The first kappa shape index (κ1) is 16.9. The molecule has 1 aromatic heterocycles. The van der Waals surface area contributed by atoms with Gasteiger partial charge in [0.1, 0.15) is 11.9 Å². The SMILES string of the molecule is O=C(Cn1c(=O)[nH]c2ccc(F)c(F)c2c1=O)N1C[C@H]2CC1c1ccccc12. The molecule has 1 aliphatic heterocycles. The zero-order chi connectivity index (χ0) is 19.6. The Morgan fingerprint density at radius 1 is 1.11 bits per heavy atom. The maximum absolute atomic E-state index is 14.1. The topological polar surface area (TPSA) is 75.2 Å². The van der Waals surface area contributed by atoms with E-state index in [1.54, 1.807) is 4.90 Å². The number of aromatic nitrogens is 2. The molecular weight excluding hydrogens is 368 g/mol. The number of halogens is 2. The highest BCUT2D eigenvalue weighted by Crippen LogP contribution is 2.49. The number of carbonyl (C=O) groups is 1. The van der Waals surface area contributed by atoms with Crippen LogP contribution in [0.5, 0.6) is 0 Å². The lowest BCUT2D eigenvalue weighted by molar-refractivity contribution is -0.133. The highest BCUT2D eigenvalue weighted by molar-refractivity contribution is 5.80. The Kier molecular flexibility index (Phi) is 3.52. The van der Waals surface area contributed by atoms with Crippen LogP contribution in [0.3, 0.4) is 0 Å². The Balaban J connectivity index is 1.52. The first-order valence-corrected chi connectivity index (χ1v) is 8.95. The monoisotopic (exact) mass is 383 g/mol. The van der Waals surface area contributed by atoms with E-state index >= 15 is 0 Å². The van der Waals surface area contributed by atoms with Crippen molar-refractivity contribution in [1.82, 2.24) is 14.5 Å². The molecule has 6 nitrogen and oxygen atoms in total. The van der Waals surface area contributed by atoms with E-state index in [-0.39, 0.29) is 17.5 Å². The van der Waals surface area contributed by atoms with Gasteiger partial charge in [-0.3, -0.25) is 14.2 Å². The molecule has 2 heterocycles. The summed E-state index contributed by atoms with van der Waals surface area (Å²) in [5.74, 6) is -2.69. The number of nitrogens with zero attached hydrogens (tertiary/aromatic N) is 2. The second-order valence-corrected chi connectivity index (χ2v) is 7.23. The van der Waals surface area contributed by atoms with Gasteiger partial charge in [0.05, 0.1) is 11.6 Å². The van der Waals surface area contributed by atoms with Gasteiger partial charge in [-0.15, -0.1) is 0 Å². The van der Waals surface area contributed by atoms with E-state index in [0.29, 0.717) is 11.1 Å². The zero-order valence-electron chi connectivity index (χ0n) is 14.6. The van der Waals surface area contributed by atoms with Crippen molar-refractivity contribution in [3.05, 3.63) is 80.0 Å². The number of benzene rings is 2. The molecule has 2 bridgehead atoms. The molecule has 1 unspecified atom stereocenters.